The lowest BCUT2D eigenvalue weighted by Gasteiger charge is -2.16. The Labute approximate surface area is 199 Å². The molecule has 7 heteroatoms. The molecule has 0 bridgehead atoms. The van der Waals surface area contributed by atoms with Gasteiger partial charge in [-0.05, 0) is 30.2 Å². The summed E-state index contributed by atoms with van der Waals surface area (Å²) in [5.74, 6) is 2.00. The van der Waals surface area contributed by atoms with Crippen molar-refractivity contribution in [3.63, 3.8) is 0 Å². The van der Waals surface area contributed by atoms with Crippen molar-refractivity contribution in [2.45, 2.75) is 62.9 Å². The fourth-order valence-corrected chi connectivity index (χ4v) is 4.77. The van der Waals surface area contributed by atoms with Gasteiger partial charge < -0.3 is 14.0 Å². The van der Waals surface area contributed by atoms with Gasteiger partial charge in [-0.3, -0.25) is 5.41 Å². The highest BCUT2D eigenvalue weighted by atomic mass is 35.5. The summed E-state index contributed by atoms with van der Waals surface area (Å²) in [7, 11) is 3.23. The van der Waals surface area contributed by atoms with Gasteiger partial charge in [0.15, 0.2) is 16.7 Å². The largest absolute Gasteiger partial charge is 0.493 e. The van der Waals surface area contributed by atoms with Gasteiger partial charge in [-0.1, -0.05) is 74.5 Å². The van der Waals surface area contributed by atoms with Gasteiger partial charge >= 0.3 is 0 Å². The molecule has 32 heavy (non-hydrogen) atoms. The van der Waals surface area contributed by atoms with Gasteiger partial charge in [-0.2, -0.15) is 0 Å². The molecule has 0 saturated heterocycles. The number of hydrogen-bond donors (Lipinski definition) is 1. The SMILES string of the molecule is CCCCCCCCn1c(SCc2ccc(Cl)cc2)nc2cc(OC)c(OC)cc2c1=N. The van der Waals surface area contributed by atoms with Crippen molar-refractivity contribution in [3.8, 4) is 11.5 Å². The van der Waals surface area contributed by atoms with E-state index in [0.717, 1.165) is 46.2 Å². The Morgan fingerprint density at radius 2 is 1.62 bits per heavy atom. The highest BCUT2D eigenvalue weighted by molar-refractivity contribution is 7.98. The number of methoxy groups -OCH3 is 2. The number of unbranched alkanes of at least 4 members (excludes halogenated alkanes) is 5. The summed E-state index contributed by atoms with van der Waals surface area (Å²) in [4.78, 5) is 4.93. The molecule has 0 aliphatic heterocycles. The number of fused-ring (bicyclic) bond motifs is 1. The van der Waals surface area contributed by atoms with Crippen LogP contribution in [0.15, 0.2) is 41.6 Å². The van der Waals surface area contributed by atoms with Crippen LogP contribution in [0.5, 0.6) is 11.5 Å². The van der Waals surface area contributed by atoms with Gasteiger partial charge in [0.05, 0.1) is 19.7 Å². The Bertz CT molecular complexity index is 1080. The number of aromatic nitrogens is 2. The summed E-state index contributed by atoms with van der Waals surface area (Å²) in [5, 5.41) is 11.3. The number of benzene rings is 2. The van der Waals surface area contributed by atoms with Crippen LogP contribution in [0, 0.1) is 5.41 Å². The molecule has 172 valence electrons. The first kappa shape index (κ1) is 24.5. The van der Waals surface area contributed by atoms with E-state index in [9.17, 15) is 0 Å². The molecule has 0 radical (unpaired) electrons. The van der Waals surface area contributed by atoms with Crippen LogP contribution in [0.1, 0.15) is 51.0 Å². The molecule has 0 unspecified atom stereocenters. The first-order chi connectivity index (χ1) is 15.6. The first-order valence-electron chi connectivity index (χ1n) is 11.2. The standard InChI is InChI=1S/C25H32ClN3O2S/c1-4-5-6-7-8-9-14-29-24(27)20-15-22(30-2)23(31-3)16-21(20)28-25(29)32-17-18-10-12-19(26)13-11-18/h10-13,15-16,27H,4-9,14,17H2,1-3H3. The molecular formula is C25H32ClN3O2S. The Morgan fingerprint density at radius 1 is 0.969 bits per heavy atom. The van der Waals surface area contributed by atoms with Crippen LogP contribution < -0.4 is 15.0 Å². The van der Waals surface area contributed by atoms with Crippen LogP contribution in [0.4, 0.5) is 0 Å². The smallest absolute Gasteiger partial charge is 0.170 e. The second-order valence-corrected chi connectivity index (χ2v) is 9.18. The number of rotatable bonds is 12. The lowest BCUT2D eigenvalue weighted by atomic mass is 10.1. The summed E-state index contributed by atoms with van der Waals surface area (Å²) in [6.45, 7) is 3.02. The zero-order valence-corrected chi connectivity index (χ0v) is 20.7. The van der Waals surface area contributed by atoms with Gasteiger partial charge in [-0.15, -0.1) is 0 Å². The summed E-state index contributed by atoms with van der Waals surface area (Å²) >= 11 is 7.67. The van der Waals surface area contributed by atoms with Crippen LogP contribution in [0.25, 0.3) is 10.9 Å². The average molecular weight is 474 g/mol. The van der Waals surface area contributed by atoms with Crippen LogP contribution in [-0.4, -0.2) is 23.8 Å². The van der Waals surface area contributed by atoms with E-state index in [4.69, 9.17) is 31.5 Å². The van der Waals surface area contributed by atoms with Crippen molar-refractivity contribution in [1.29, 1.82) is 5.41 Å². The van der Waals surface area contributed by atoms with Crippen molar-refractivity contribution in [2.75, 3.05) is 14.2 Å². The maximum Gasteiger partial charge on any atom is 0.170 e. The second kappa shape index (κ2) is 12.2. The molecule has 0 atom stereocenters. The third-order valence-corrected chi connectivity index (χ3v) is 6.79. The Morgan fingerprint density at radius 3 is 2.31 bits per heavy atom. The predicted molar refractivity (Wildman–Crippen MR) is 133 cm³/mol. The van der Waals surface area contributed by atoms with Gasteiger partial charge in [0.1, 0.15) is 5.49 Å². The molecule has 1 aromatic heterocycles. The van der Waals surface area contributed by atoms with E-state index in [1.807, 2.05) is 41.0 Å². The van der Waals surface area contributed by atoms with Gasteiger partial charge in [0, 0.05) is 28.8 Å². The molecule has 3 aromatic rings. The molecule has 0 spiro atoms. The molecule has 0 amide bonds. The van der Waals surface area contributed by atoms with Gasteiger partial charge in [0.25, 0.3) is 0 Å². The van der Waals surface area contributed by atoms with Crippen molar-refractivity contribution in [1.82, 2.24) is 9.55 Å². The highest BCUT2D eigenvalue weighted by Crippen LogP contribution is 2.31. The Kier molecular flexibility index (Phi) is 9.30. The third kappa shape index (κ3) is 6.20. The van der Waals surface area contributed by atoms with Crippen LogP contribution >= 0.6 is 23.4 Å². The molecule has 0 fully saturated rings. The Balaban J connectivity index is 1.91. The third-order valence-electron chi connectivity index (χ3n) is 5.49. The van der Waals surface area contributed by atoms with Gasteiger partial charge in [-0.25, -0.2) is 4.98 Å². The fraction of sp³-hybridized carbons (Fsp3) is 0.440. The van der Waals surface area contributed by atoms with E-state index in [2.05, 4.69) is 6.92 Å². The van der Waals surface area contributed by atoms with Crippen molar-refractivity contribution in [2.24, 2.45) is 0 Å². The summed E-state index contributed by atoms with van der Waals surface area (Å²) in [6.07, 6.45) is 7.25. The number of nitrogens with zero attached hydrogens (tertiary/aromatic N) is 2. The predicted octanol–water partition coefficient (Wildman–Crippen LogP) is 6.84. The summed E-state index contributed by atoms with van der Waals surface area (Å²) in [6, 6.07) is 11.6. The van der Waals surface area contributed by atoms with Crippen molar-refractivity contribution >= 4 is 34.3 Å². The van der Waals surface area contributed by atoms with E-state index in [0.29, 0.717) is 17.0 Å². The minimum absolute atomic E-state index is 0.461. The molecule has 2 aromatic carbocycles. The maximum atomic E-state index is 8.93. The van der Waals surface area contributed by atoms with Crippen LogP contribution in [0.2, 0.25) is 5.02 Å². The lowest BCUT2D eigenvalue weighted by molar-refractivity contribution is 0.355. The number of halogens is 1. The van der Waals surface area contributed by atoms with E-state index in [1.165, 1.54) is 31.2 Å². The lowest BCUT2D eigenvalue weighted by Crippen LogP contribution is -2.24. The second-order valence-electron chi connectivity index (χ2n) is 7.80. The number of ether oxygens (including phenoxy) is 2. The van der Waals surface area contributed by atoms with Crippen molar-refractivity contribution in [3.05, 3.63) is 52.5 Å². The highest BCUT2D eigenvalue weighted by Gasteiger charge is 2.14. The summed E-state index contributed by atoms with van der Waals surface area (Å²) in [5.41, 5.74) is 2.37. The molecule has 0 aliphatic rings. The van der Waals surface area contributed by atoms with E-state index in [1.54, 1.807) is 26.0 Å². The van der Waals surface area contributed by atoms with Gasteiger partial charge in [0.2, 0.25) is 0 Å². The van der Waals surface area contributed by atoms with Crippen LogP contribution in [-0.2, 0) is 12.3 Å². The molecule has 1 heterocycles. The zero-order chi connectivity index (χ0) is 22.9. The zero-order valence-electron chi connectivity index (χ0n) is 19.1. The monoisotopic (exact) mass is 473 g/mol. The first-order valence-corrected chi connectivity index (χ1v) is 12.5. The minimum atomic E-state index is 0.461. The van der Waals surface area contributed by atoms with E-state index in [-0.39, 0.29) is 0 Å². The minimum Gasteiger partial charge on any atom is -0.493 e. The normalized spacial score (nSPS) is 11.1. The molecule has 1 N–H and O–H groups in total. The van der Waals surface area contributed by atoms with Crippen LogP contribution in [0.3, 0.4) is 0 Å². The Hall–Kier alpha value is -2.18. The fourth-order valence-electron chi connectivity index (χ4n) is 3.65. The number of hydrogen-bond acceptors (Lipinski definition) is 5. The molecule has 5 nitrogen and oxygen atoms in total. The van der Waals surface area contributed by atoms with E-state index < -0.39 is 0 Å². The molecule has 0 saturated carbocycles. The topological polar surface area (TPSA) is 60.1 Å². The quantitative estimate of drug-likeness (QED) is 0.178. The van der Waals surface area contributed by atoms with Crippen molar-refractivity contribution < 1.29 is 9.47 Å². The maximum absolute atomic E-state index is 8.93. The molecule has 0 aliphatic carbocycles. The molecular weight excluding hydrogens is 442 g/mol. The number of thioether (sulfide) groups is 1. The molecule has 3 rings (SSSR count). The summed E-state index contributed by atoms with van der Waals surface area (Å²) < 4.78 is 12.9. The number of nitrogens with one attached hydrogen (secondary N) is 1. The van der Waals surface area contributed by atoms with E-state index >= 15 is 0 Å². The average Bonchev–Trinajstić information content (AvgIpc) is 2.81.